The lowest BCUT2D eigenvalue weighted by molar-refractivity contribution is -0.137. The van der Waals surface area contributed by atoms with Gasteiger partial charge in [-0.1, -0.05) is 60.7 Å². The van der Waals surface area contributed by atoms with Gasteiger partial charge in [-0.25, -0.2) is 9.59 Å². The topological polar surface area (TPSA) is 78.9 Å². The molecule has 0 unspecified atom stereocenters. The van der Waals surface area contributed by atoms with Crippen molar-refractivity contribution in [3.63, 3.8) is 0 Å². The van der Waals surface area contributed by atoms with Crippen LogP contribution < -0.4 is 9.47 Å². The second-order valence-corrected chi connectivity index (χ2v) is 6.38. The van der Waals surface area contributed by atoms with E-state index in [0.29, 0.717) is 17.1 Å². The van der Waals surface area contributed by atoms with Crippen LogP contribution in [0.25, 0.3) is 6.08 Å². The summed E-state index contributed by atoms with van der Waals surface area (Å²) >= 11 is 0. The molecule has 31 heavy (non-hydrogen) atoms. The molecule has 3 rings (SSSR count). The summed E-state index contributed by atoms with van der Waals surface area (Å²) in [5.74, 6) is -0.850. The van der Waals surface area contributed by atoms with Crippen molar-refractivity contribution in [3.8, 4) is 11.5 Å². The SMILES string of the molecule is COc1ccccc1C(=O)OCC(=O)Oc1ccc(/C=C\C(=O)c2ccccc2)cc1. The summed E-state index contributed by atoms with van der Waals surface area (Å²) < 4.78 is 15.3. The van der Waals surface area contributed by atoms with Crippen LogP contribution in [0.15, 0.2) is 84.9 Å². The normalized spacial score (nSPS) is 10.5. The van der Waals surface area contributed by atoms with Gasteiger partial charge >= 0.3 is 11.9 Å². The molecule has 6 heteroatoms. The quantitative estimate of drug-likeness (QED) is 0.235. The summed E-state index contributed by atoms with van der Waals surface area (Å²) in [5.41, 5.74) is 1.60. The smallest absolute Gasteiger partial charge is 0.349 e. The summed E-state index contributed by atoms with van der Waals surface area (Å²) in [7, 11) is 1.44. The van der Waals surface area contributed by atoms with Gasteiger partial charge < -0.3 is 14.2 Å². The number of ketones is 1. The van der Waals surface area contributed by atoms with E-state index in [0.717, 1.165) is 5.56 Å². The maximum atomic E-state index is 12.1. The Morgan fingerprint density at radius 2 is 1.52 bits per heavy atom. The number of ether oxygens (including phenoxy) is 3. The lowest BCUT2D eigenvalue weighted by Crippen LogP contribution is -2.19. The van der Waals surface area contributed by atoms with E-state index in [9.17, 15) is 14.4 Å². The number of para-hydroxylation sites is 1. The fraction of sp³-hybridized carbons (Fsp3) is 0.0800. The van der Waals surface area contributed by atoms with E-state index in [1.807, 2.05) is 6.07 Å². The van der Waals surface area contributed by atoms with Crippen LogP contribution in [0.4, 0.5) is 0 Å². The Labute approximate surface area is 179 Å². The number of methoxy groups -OCH3 is 1. The highest BCUT2D eigenvalue weighted by Crippen LogP contribution is 2.18. The number of carbonyl (C=O) groups excluding carboxylic acids is 3. The van der Waals surface area contributed by atoms with Gasteiger partial charge in [-0.15, -0.1) is 0 Å². The van der Waals surface area contributed by atoms with Crippen molar-refractivity contribution in [2.24, 2.45) is 0 Å². The molecule has 0 N–H and O–H groups in total. The molecule has 0 fully saturated rings. The summed E-state index contributed by atoms with van der Waals surface area (Å²) in [5, 5.41) is 0. The maximum Gasteiger partial charge on any atom is 0.349 e. The van der Waals surface area contributed by atoms with Crippen LogP contribution in [0.2, 0.25) is 0 Å². The monoisotopic (exact) mass is 416 g/mol. The molecule has 0 saturated carbocycles. The Balaban J connectivity index is 1.51. The van der Waals surface area contributed by atoms with Crippen LogP contribution in [0, 0.1) is 0 Å². The molecule has 0 spiro atoms. The second-order valence-electron chi connectivity index (χ2n) is 6.38. The zero-order chi connectivity index (χ0) is 22.1. The molecule has 6 nitrogen and oxygen atoms in total. The largest absolute Gasteiger partial charge is 0.496 e. The third-order valence-corrected chi connectivity index (χ3v) is 4.25. The van der Waals surface area contributed by atoms with Gasteiger partial charge in [0.1, 0.15) is 17.1 Å². The molecule has 0 aliphatic carbocycles. The number of hydrogen-bond acceptors (Lipinski definition) is 6. The summed E-state index contributed by atoms with van der Waals surface area (Å²) in [6, 6.07) is 22.1. The van der Waals surface area contributed by atoms with Crippen molar-refractivity contribution in [2.75, 3.05) is 13.7 Å². The fourth-order valence-corrected chi connectivity index (χ4v) is 2.69. The van der Waals surface area contributed by atoms with E-state index in [4.69, 9.17) is 14.2 Å². The lowest BCUT2D eigenvalue weighted by Gasteiger charge is -2.08. The number of carbonyl (C=O) groups is 3. The number of hydrogen-bond donors (Lipinski definition) is 0. The van der Waals surface area contributed by atoms with Crippen LogP contribution in [0.5, 0.6) is 11.5 Å². The van der Waals surface area contributed by atoms with Crippen LogP contribution in [-0.4, -0.2) is 31.4 Å². The van der Waals surface area contributed by atoms with Crippen LogP contribution in [-0.2, 0) is 9.53 Å². The van der Waals surface area contributed by atoms with Crippen molar-refractivity contribution in [2.45, 2.75) is 0 Å². The predicted molar refractivity (Wildman–Crippen MR) is 115 cm³/mol. The summed E-state index contributed by atoms with van der Waals surface area (Å²) in [6.07, 6.45) is 3.16. The Hall–Kier alpha value is -4.19. The van der Waals surface area contributed by atoms with E-state index < -0.39 is 18.5 Å². The summed E-state index contributed by atoms with van der Waals surface area (Å²) in [4.78, 5) is 36.2. The molecule has 0 aliphatic rings. The minimum absolute atomic E-state index is 0.104. The van der Waals surface area contributed by atoms with E-state index in [1.165, 1.54) is 13.2 Å². The number of benzene rings is 3. The molecule has 0 radical (unpaired) electrons. The number of esters is 2. The van der Waals surface area contributed by atoms with Crippen molar-refractivity contribution in [3.05, 3.63) is 102 Å². The van der Waals surface area contributed by atoms with Gasteiger partial charge in [0, 0.05) is 5.56 Å². The van der Waals surface area contributed by atoms with Gasteiger partial charge in [0.25, 0.3) is 0 Å². The molecule has 156 valence electrons. The Morgan fingerprint density at radius 1 is 0.839 bits per heavy atom. The highest BCUT2D eigenvalue weighted by atomic mass is 16.6. The van der Waals surface area contributed by atoms with Crippen molar-refractivity contribution >= 4 is 23.8 Å². The molecule has 0 saturated heterocycles. The lowest BCUT2D eigenvalue weighted by atomic mass is 10.1. The molecule has 3 aromatic rings. The van der Waals surface area contributed by atoms with Crippen LogP contribution in [0.3, 0.4) is 0 Å². The molecule has 0 bridgehead atoms. The van der Waals surface area contributed by atoms with E-state index in [2.05, 4.69) is 0 Å². The van der Waals surface area contributed by atoms with Crippen LogP contribution >= 0.6 is 0 Å². The highest BCUT2D eigenvalue weighted by molar-refractivity contribution is 6.06. The summed E-state index contributed by atoms with van der Waals surface area (Å²) in [6.45, 7) is -0.538. The predicted octanol–water partition coefficient (Wildman–Crippen LogP) is 4.35. The van der Waals surface area contributed by atoms with Gasteiger partial charge in [0.05, 0.1) is 7.11 Å². The fourth-order valence-electron chi connectivity index (χ4n) is 2.69. The minimum Gasteiger partial charge on any atom is -0.496 e. The first kappa shape index (κ1) is 21.5. The van der Waals surface area contributed by atoms with Gasteiger partial charge in [0.2, 0.25) is 0 Å². The molecule has 0 amide bonds. The average Bonchev–Trinajstić information content (AvgIpc) is 2.82. The van der Waals surface area contributed by atoms with E-state index in [-0.39, 0.29) is 11.3 Å². The van der Waals surface area contributed by atoms with Gasteiger partial charge in [-0.3, -0.25) is 4.79 Å². The Kier molecular flexibility index (Phi) is 7.32. The molecule has 0 atom stereocenters. The second kappa shape index (κ2) is 10.5. The molecular formula is C25H20O6. The first-order valence-electron chi connectivity index (χ1n) is 9.45. The first-order valence-corrected chi connectivity index (χ1v) is 9.45. The first-order chi connectivity index (χ1) is 15.1. The third kappa shape index (κ3) is 6.14. The van der Waals surface area contributed by atoms with E-state index >= 15 is 0 Å². The van der Waals surface area contributed by atoms with Crippen LogP contribution in [0.1, 0.15) is 26.3 Å². The average molecular weight is 416 g/mol. The minimum atomic E-state index is -0.717. The standard InChI is InChI=1S/C25H20O6/c1-29-23-10-6-5-9-21(23)25(28)30-17-24(27)31-20-14-11-18(12-15-20)13-16-22(26)19-7-3-2-4-8-19/h2-16H,17H2,1H3/b16-13-. The van der Waals surface area contributed by atoms with Gasteiger partial charge in [-0.05, 0) is 35.9 Å². The zero-order valence-electron chi connectivity index (χ0n) is 16.8. The molecule has 0 aliphatic heterocycles. The van der Waals surface area contributed by atoms with Crippen molar-refractivity contribution < 1.29 is 28.6 Å². The maximum absolute atomic E-state index is 12.1. The zero-order valence-corrected chi connectivity index (χ0v) is 16.8. The number of rotatable bonds is 8. The van der Waals surface area contributed by atoms with Crippen molar-refractivity contribution in [1.82, 2.24) is 0 Å². The Bertz CT molecular complexity index is 1080. The van der Waals surface area contributed by atoms with Crippen molar-refractivity contribution in [1.29, 1.82) is 0 Å². The van der Waals surface area contributed by atoms with Gasteiger partial charge in [-0.2, -0.15) is 0 Å². The third-order valence-electron chi connectivity index (χ3n) is 4.25. The molecular weight excluding hydrogens is 396 g/mol. The highest BCUT2D eigenvalue weighted by Gasteiger charge is 2.15. The molecule has 3 aromatic carbocycles. The Morgan fingerprint density at radius 3 is 2.23 bits per heavy atom. The molecule has 0 heterocycles. The van der Waals surface area contributed by atoms with E-state index in [1.54, 1.807) is 78.9 Å². The number of allylic oxidation sites excluding steroid dienone is 1. The molecule has 0 aromatic heterocycles. The van der Waals surface area contributed by atoms with Gasteiger partial charge in [0.15, 0.2) is 12.4 Å².